The molecule has 0 bridgehead atoms. The monoisotopic (exact) mass is 357 g/mol. The van der Waals surface area contributed by atoms with E-state index >= 15 is 0 Å². The summed E-state index contributed by atoms with van der Waals surface area (Å²) in [5.74, 6) is 0.661. The van der Waals surface area contributed by atoms with Gasteiger partial charge in [-0.15, -0.1) is 11.8 Å². The average molecular weight is 357 g/mol. The van der Waals surface area contributed by atoms with Crippen molar-refractivity contribution in [1.82, 2.24) is 0 Å². The molecule has 0 saturated heterocycles. The van der Waals surface area contributed by atoms with Crippen molar-refractivity contribution in [2.24, 2.45) is 5.16 Å². The van der Waals surface area contributed by atoms with Gasteiger partial charge in [0.1, 0.15) is 5.04 Å². The molecule has 0 spiro atoms. The molecule has 21 heavy (non-hydrogen) atoms. The molecule has 1 rings (SSSR count). The van der Waals surface area contributed by atoms with Crippen molar-refractivity contribution in [3.63, 3.8) is 0 Å². The van der Waals surface area contributed by atoms with Crippen molar-refractivity contribution in [3.05, 3.63) is 35.9 Å². The van der Waals surface area contributed by atoms with Crippen LogP contribution < -0.4 is 51.4 Å². The van der Waals surface area contributed by atoms with Crippen LogP contribution in [0.5, 0.6) is 0 Å². The van der Waals surface area contributed by atoms with E-state index in [0.717, 1.165) is 12.0 Å². The summed E-state index contributed by atoms with van der Waals surface area (Å²) in [5.41, 5.74) is 0.938. The first-order valence-electron chi connectivity index (χ1n) is 6.00. The molecule has 0 radical (unpaired) electrons. The smallest absolute Gasteiger partial charge is 0.714 e. The number of benzene rings is 1. The van der Waals surface area contributed by atoms with Crippen LogP contribution in [0.4, 0.5) is 0 Å². The van der Waals surface area contributed by atoms with Gasteiger partial charge in [-0.2, -0.15) is 8.42 Å². The summed E-state index contributed by atoms with van der Waals surface area (Å²) in [6, 6.07) is 9.32. The second-order valence-electron chi connectivity index (χ2n) is 3.91. The summed E-state index contributed by atoms with van der Waals surface area (Å²) >= 11 is 1.31. The quantitative estimate of drug-likeness (QED) is 0.116. The van der Waals surface area contributed by atoms with Crippen LogP contribution in [0.15, 0.2) is 35.5 Å². The molecule has 0 heterocycles. The van der Waals surface area contributed by atoms with Crippen molar-refractivity contribution in [1.29, 1.82) is 0 Å². The summed E-state index contributed by atoms with van der Waals surface area (Å²) < 4.78 is 35.3. The molecule has 0 aliphatic carbocycles. The maximum atomic E-state index is 10.4. The first-order chi connectivity index (χ1) is 9.51. The van der Waals surface area contributed by atoms with Gasteiger partial charge in [-0.3, -0.25) is 4.28 Å². The zero-order valence-corrected chi connectivity index (χ0v) is 16.5. The minimum atomic E-state index is -4.84. The van der Waals surface area contributed by atoms with Crippen LogP contribution in [0, 0.1) is 0 Å². The van der Waals surface area contributed by atoms with Gasteiger partial charge in [0.2, 0.25) is 0 Å². The van der Waals surface area contributed by atoms with Gasteiger partial charge in [-0.1, -0.05) is 35.5 Å². The van der Waals surface area contributed by atoms with E-state index in [0.29, 0.717) is 23.6 Å². The number of aliphatic hydroxyl groups is 1. The number of aliphatic hydroxyl groups excluding tert-OH is 1. The number of hydrogen-bond donors (Lipinski definition) is 1. The Hall–Kier alpha value is 0.546. The van der Waals surface area contributed by atoms with Crippen molar-refractivity contribution < 1.29 is 73.7 Å². The summed E-state index contributed by atoms with van der Waals surface area (Å²) in [5, 5.41) is 12.5. The van der Waals surface area contributed by atoms with Gasteiger partial charge in [-0.25, -0.2) is 0 Å². The second kappa shape index (κ2) is 12.0. The molecule has 1 aromatic carbocycles. The molecule has 0 aromatic heterocycles. The third kappa shape index (κ3) is 11.7. The number of rotatable bonds is 8. The van der Waals surface area contributed by atoms with E-state index in [2.05, 4.69) is 9.44 Å². The average Bonchev–Trinajstić information content (AvgIpc) is 2.41. The van der Waals surface area contributed by atoms with Gasteiger partial charge in [0.05, 0.1) is 0 Å². The summed E-state index contributed by atoms with van der Waals surface area (Å²) in [4.78, 5) is 0. The number of thioether (sulfide) groups is 1. The Morgan fingerprint density at radius 1 is 1.29 bits per heavy atom. The van der Waals surface area contributed by atoms with E-state index in [1.54, 1.807) is 0 Å². The normalized spacial score (nSPS) is 11.8. The standard InChI is InChI=1S/C12H17NO5S2.K/c14-8-4-5-9-19-12(13-18-20(15,16)17)10-11-6-2-1-3-7-11;/h1-3,6-7,14H,4-5,8-10H2,(H,15,16,17);/q;+1/p-1/b13-12-;. The Morgan fingerprint density at radius 3 is 2.52 bits per heavy atom. The van der Waals surface area contributed by atoms with Crippen molar-refractivity contribution in [3.8, 4) is 0 Å². The second-order valence-corrected chi connectivity index (χ2v) is 6.04. The fourth-order valence-corrected chi connectivity index (χ4v) is 2.54. The molecule has 0 atom stereocenters. The largest absolute Gasteiger partial charge is 1.00 e. The fourth-order valence-electron chi connectivity index (χ4n) is 1.37. The van der Waals surface area contributed by atoms with Crippen molar-refractivity contribution in [2.75, 3.05) is 12.4 Å². The van der Waals surface area contributed by atoms with E-state index in [9.17, 15) is 13.0 Å². The third-order valence-electron chi connectivity index (χ3n) is 2.25. The minimum Gasteiger partial charge on any atom is -0.714 e. The number of hydrogen-bond acceptors (Lipinski definition) is 7. The van der Waals surface area contributed by atoms with Crippen LogP contribution in [-0.2, 0) is 21.1 Å². The molecule has 1 aromatic rings. The first kappa shape index (κ1) is 21.5. The summed E-state index contributed by atoms with van der Waals surface area (Å²) in [7, 11) is -4.84. The van der Waals surface area contributed by atoms with Crippen LogP contribution in [0.2, 0.25) is 0 Å². The molecule has 0 aliphatic rings. The zero-order valence-electron chi connectivity index (χ0n) is 11.8. The van der Waals surface area contributed by atoms with Crippen LogP contribution in [0.25, 0.3) is 0 Å². The maximum absolute atomic E-state index is 10.4. The Balaban J connectivity index is 0.00000400. The molecule has 112 valence electrons. The molecular weight excluding hydrogens is 341 g/mol. The summed E-state index contributed by atoms with van der Waals surface area (Å²) in [6.45, 7) is 0.108. The SMILES string of the molecule is O=S(=O)([O-])O/N=C(/Cc1ccccc1)SCCCCO.[K+]. The molecule has 0 aliphatic heterocycles. The van der Waals surface area contributed by atoms with Crippen LogP contribution in [0.1, 0.15) is 18.4 Å². The van der Waals surface area contributed by atoms with Gasteiger partial charge in [0.15, 0.2) is 0 Å². The van der Waals surface area contributed by atoms with Gasteiger partial charge < -0.3 is 9.66 Å². The molecule has 9 heteroatoms. The van der Waals surface area contributed by atoms with Crippen LogP contribution in [0.3, 0.4) is 0 Å². The van der Waals surface area contributed by atoms with E-state index < -0.39 is 10.4 Å². The molecule has 0 saturated carbocycles. The first-order valence-corrected chi connectivity index (χ1v) is 8.32. The van der Waals surface area contributed by atoms with Crippen LogP contribution in [-0.4, -0.2) is 35.5 Å². The van der Waals surface area contributed by atoms with E-state index in [1.807, 2.05) is 30.3 Å². The number of oxime groups is 1. The van der Waals surface area contributed by atoms with Gasteiger partial charge >= 0.3 is 51.4 Å². The molecule has 0 fully saturated rings. The topological polar surface area (TPSA) is 99.0 Å². The minimum absolute atomic E-state index is 0. The predicted molar refractivity (Wildman–Crippen MR) is 77.1 cm³/mol. The molecular formula is C12H16KNO5S2. The van der Waals surface area contributed by atoms with Gasteiger partial charge in [0.25, 0.3) is 10.4 Å². The molecule has 6 nitrogen and oxygen atoms in total. The zero-order chi connectivity index (χ0) is 14.8. The summed E-state index contributed by atoms with van der Waals surface area (Å²) in [6.07, 6.45) is 1.81. The Kier molecular flexibility index (Phi) is 12.3. The van der Waals surface area contributed by atoms with Crippen molar-refractivity contribution >= 4 is 27.2 Å². The Labute approximate surface area is 171 Å². The number of unbranched alkanes of at least 4 members (excludes halogenated alkanes) is 1. The van der Waals surface area contributed by atoms with Gasteiger partial charge in [0, 0.05) is 13.0 Å². The van der Waals surface area contributed by atoms with Crippen LogP contribution >= 0.6 is 11.8 Å². The van der Waals surface area contributed by atoms with E-state index in [4.69, 9.17) is 5.11 Å². The molecule has 1 N–H and O–H groups in total. The third-order valence-corrected chi connectivity index (χ3v) is 3.55. The Bertz CT molecular complexity index is 522. The van der Waals surface area contributed by atoms with E-state index in [1.165, 1.54) is 11.8 Å². The number of nitrogens with zero attached hydrogens (tertiary/aromatic N) is 1. The van der Waals surface area contributed by atoms with Gasteiger partial charge in [-0.05, 0) is 24.2 Å². The fraction of sp³-hybridized carbons (Fsp3) is 0.417. The van der Waals surface area contributed by atoms with E-state index in [-0.39, 0.29) is 58.0 Å². The maximum Gasteiger partial charge on any atom is 1.00 e. The molecule has 0 unspecified atom stereocenters. The Morgan fingerprint density at radius 2 is 1.95 bits per heavy atom. The van der Waals surface area contributed by atoms with Crippen molar-refractivity contribution in [2.45, 2.75) is 19.3 Å². The predicted octanol–water partition coefficient (Wildman–Crippen LogP) is -1.47. The molecule has 0 amide bonds.